The van der Waals surface area contributed by atoms with Crippen molar-refractivity contribution in [2.75, 3.05) is 31.5 Å². The molecule has 2 fully saturated rings. The summed E-state index contributed by atoms with van der Waals surface area (Å²) in [6.07, 6.45) is 9.02. The van der Waals surface area contributed by atoms with Crippen LogP contribution >= 0.6 is 0 Å². The maximum Gasteiger partial charge on any atom is 0.240 e. The van der Waals surface area contributed by atoms with Gasteiger partial charge in [-0.25, -0.2) is 13.1 Å². The molecule has 0 atom stereocenters. The molecular formula is C21H33N3O3S. The van der Waals surface area contributed by atoms with Crippen molar-refractivity contribution in [3.8, 4) is 0 Å². The van der Waals surface area contributed by atoms with Crippen molar-refractivity contribution in [3.63, 3.8) is 0 Å². The molecule has 0 bridgehead atoms. The number of carbonyl (C=O) groups is 1. The van der Waals surface area contributed by atoms with E-state index in [1.54, 1.807) is 12.1 Å². The van der Waals surface area contributed by atoms with Crippen LogP contribution in [0.3, 0.4) is 0 Å². The molecule has 2 aliphatic rings. The second-order valence-electron chi connectivity index (χ2n) is 8.31. The number of piperidine rings is 1. The number of carbonyl (C=O) groups excluding carboxylic acids is 1. The molecular weight excluding hydrogens is 374 g/mol. The minimum atomic E-state index is -3.52. The number of anilines is 1. The van der Waals surface area contributed by atoms with E-state index < -0.39 is 10.0 Å². The Bertz CT molecular complexity index is 735. The Morgan fingerprint density at radius 2 is 1.64 bits per heavy atom. The first-order valence-electron chi connectivity index (χ1n) is 10.5. The Balaban J connectivity index is 1.43. The van der Waals surface area contributed by atoms with Crippen LogP contribution in [0.5, 0.6) is 0 Å². The predicted octanol–water partition coefficient (Wildman–Crippen LogP) is 3.22. The Kier molecular flexibility index (Phi) is 7.48. The van der Waals surface area contributed by atoms with Crippen molar-refractivity contribution in [3.05, 3.63) is 24.3 Å². The zero-order valence-corrected chi connectivity index (χ0v) is 17.6. The maximum absolute atomic E-state index is 12.5. The van der Waals surface area contributed by atoms with Gasteiger partial charge in [-0.2, -0.15) is 0 Å². The number of nitrogens with zero attached hydrogens (tertiary/aromatic N) is 1. The number of benzene rings is 1. The molecule has 1 heterocycles. The molecule has 1 aliphatic carbocycles. The van der Waals surface area contributed by atoms with Gasteiger partial charge in [0.05, 0.1) is 4.90 Å². The average molecular weight is 408 g/mol. The highest BCUT2D eigenvalue weighted by molar-refractivity contribution is 7.89. The van der Waals surface area contributed by atoms with Crippen LogP contribution in [0.25, 0.3) is 0 Å². The zero-order chi connectivity index (χ0) is 20.0. The van der Waals surface area contributed by atoms with E-state index in [4.69, 9.17) is 0 Å². The molecule has 0 unspecified atom stereocenters. The van der Waals surface area contributed by atoms with Gasteiger partial charge in [0.15, 0.2) is 0 Å². The van der Waals surface area contributed by atoms with Gasteiger partial charge in [-0.1, -0.05) is 19.3 Å². The molecule has 1 aromatic carbocycles. The number of hydrogen-bond acceptors (Lipinski definition) is 4. The molecule has 0 spiro atoms. The minimum absolute atomic E-state index is 0.177. The van der Waals surface area contributed by atoms with Crippen molar-refractivity contribution in [2.45, 2.75) is 56.8 Å². The van der Waals surface area contributed by atoms with Gasteiger partial charge in [-0.05, 0) is 74.9 Å². The standard InChI is InChI=1S/C21H33N3O3S/c1-17(25)23-20-7-9-21(10-8-20)28(26,27)22-15-18-11-13-24(14-12-18)16-19-5-3-2-4-6-19/h7-10,18-19,22H,2-6,11-16H2,1H3,(H,23,25). The normalized spacial score (nSPS) is 20.2. The first-order valence-corrected chi connectivity index (χ1v) is 12.0. The summed E-state index contributed by atoms with van der Waals surface area (Å²) in [6, 6.07) is 6.28. The van der Waals surface area contributed by atoms with Crippen molar-refractivity contribution in [2.24, 2.45) is 11.8 Å². The van der Waals surface area contributed by atoms with Crippen LogP contribution in [-0.2, 0) is 14.8 Å². The molecule has 1 saturated carbocycles. The third-order valence-electron chi connectivity index (χ3n) is 6.00. The van der Waals surface area contributed by atoms with Crippen molar-refractivity contribution < 1.29 is 13.2 Å². The number of sulfonamides is 1. The van der Waals surface area contributed by atoms with E-state index in [1.807, 2.05) is 0 Å². The van der Waals surface area contributed by atoms with Crippen LogP contribution in [0.2, 0.25) is 0 Å². The van der Waals surface area contributed by atoms with E-state index >= 15 is 0 Å². The van der Waals surface area contributed by atoms with E-state index in [2.05, 4.69) is 14.9 Å². The van der Waals surface area contributed by atoms with Crippen LogP contribution in [0.4, 0.5) is 5.69 Å². The van der Waals surface area contributed by atoms with Crippen LogP contribution in [0, 0.1) is 11.8 Å². The summed E-state index contributed by atoms with van der Waals surface area (Å²) < 4.78 is 27.8. The molecule has 1 aromatic rings. The van der Waals surface area contributed by atoms with Gasteiger partial charge >= 0.3 is 0 Å². The molecule has 0 radical (unpaired) electrons. The lowest BCUT2D eigenvalue weighted by atomic mass is 9.88. The number of hydrogen-bond donors (Lipinski definition) is 2. The lowest BCUT2D eigenvalue weighted by Gasteiger charge is -2.35. The predicted molar refractivity (Wildman–Crippen MR) is 112 cm³/mol. The molecule has 6 nitrogen and oxygen atoms in total. The Hall–Kier alpha value is -1.44. The summed E-state index contributed by atoms with van der Waals surface area (Å²) in [7, 11) is -3.52. The van der Waals surface area contributed by atoms with Crippen molar-refractivity contribution in [1.82, 2.24) is 9.62 Å². The number of likely N-dealkylation sites (tertiary alicyclic amines) is 1. The molecule has 1 saturated heterocycles. The Morgan fingerprint density at radius 1 is 1.00 bits per heavy atom. The first kappa shape index (κ1) is 21.3. The molecule has 156 valence electrons. The maximum atomic E-state index is 12.5. The number of nitrogens with one attached hydrogen (secondary N) is 2. The zero-order valence-electron chi connectivity index (χ0n) is 16.8. The van der Waals surface area contributed by atoms with Gasteiger partial charge in [0, 0.05) is 25.7 Å². The van der Waals surface area contributed by atoms with Gasteiger partial charge in [0.1, 0.15) is 0 Å². The second-order valence-corrected chi connectivity index (χ2v) is 10.1. The highest BCUT2D eigenvalue weighted by atomic mass is 32.2. The van der Waals surface area contributed by atoms with Gasteiger partial charge in [0.2, 0.25) is 15.9 Å². The third kappa shape index (κ3) is 6.29. The van der Waals surface area contributed by atoms with E-state index in [0.29, 0.717) is 18.2 Å². The third-order valence-corrected chi connectivity index (χ3v) is 7.43. The van der Waals surface area contributed by atoms with E-state index in [0.717, 1.165) is 31.8 Å². The average Bonchev–Trinajstić information content (AvgIpc) is 2.68. The topological polar surface area (TPSA) is 78.5 Å². The molecule has 2 N–H and O–H groups in total. The van der Waals surface area contributed by atoms with E-state index in [-0.39, 0.29) is 10.8 Å². The minimum Gasteiger partial charge on any atom is -0.326 e. The van der Waals surface area contributed by atoms with Gasteiger partial charge in [0.25, 0.3) is 0 Å². The lowest BCUT2D eigenvalue weighted by Crippen LogP contribution is -2.40. The van der Waals surface area contributed by atoms with Crippen LogP contribution in [-0.4, -0.2) is 45.4 Å². The number of amides is 1. The second kappa shape index (κ2) is 9.85. The highest BCUT2D eigenvalue weighted by Crippen LogP contribution is 2.26. The van der Waals surface area contributed by atoms with E-state index in [9.17, 15) is 13.2 Å². The summed E-state index contributed by atoms with van der Waals surface area (Å²) in [5, 5.41) is 2.64. The summed E-state index contributed by atoms with van der Waals surface area (Å²) in [4.78, 5) is 13.9. The molecule has 3 rings (SSSR count). The monoisotopic (exact) mass is 407 g/mol. The fourth-order valence-electron chi connectivity index (χ4n) is 4.34. The highest BCUT2D eigenvalue weighted by Gasteiger charge is 2.24. The number of rotatable bonds is 7. The molecule has 7 heteroatoms. The summed E-state index contributed by atoms with van der Waals surface area (Å²) in [5.74, 6) is 1.09. The van der Waals surface area contributed by atoms with E-state index in [1.165, 1.54) is 57.7 Å². The van der Waals surface area contributed by atoms with Gasteiger partial charge in [-0.3, -0.25) is 4.79 Å². The molecule has 28 heavy (non-hydrogen) atoms. The Labute approximate surface area is 169 Å². The van der Waals surface area contributed by atoms with Crippen molar-refractivity contribution >= 4 is 21.6 Å². The lowest BCUT2D eigenvalue weighted by molar-refractivity contribution is -0.114. The quantitative estimate of drug-likeness (QED) is 0.727. The van der Waals surface area contributed by atoms with Crippen molar-refractivity contribution in [1.29, 1.82) is 0 Å². The summed E-state index contributed by atoms with van der Waals surface area (Å²) >= 11 is 0. The summed E-state index contributed by atoms with van der Waals surface area (Å²) in [5.41, 5.74) is 0.594. The van der Waals surface area contributed by atoms with Crippen LogP contribution in [0.1, 0.15) is 51.9 Å². The fourth-order valence-corrected chi connectivity index (χ4v) is 5.46. The van der Waals surface area contributed by atoms with Gasteiger partial charge < -0.3 is 10.2 Å². The fraction of sp³-hybridized carbons (Fsp3) is 0.667. The van der Waals surface area contributed by atoms with Gasteiger partial charge in [-0.15, -0.1) is 0 Å². The largest absolute Gasteiger partial charge is 0.326 e. The molecule has 0 aromatic heterocycles. The first-order chi connectivity index (χ1) is 13.4. The molecule has 1 aliphatic heterocycles. The molecule has 1 amide bonds. The van der Waals surface area contributed by atoms with Crippen LogP contribution < -0.4 is 10.0 Å². The SMILES string of the molecule is CC(=O)Nc1ccc(S(=O)(=O)NCC2CCN(CC3CCCCC3)CC2)cc1. The summed E-state index contributed by atoms with van der Waals surface area (Å²) in [6.45, 7) is 5.29. The smallest absolute Gasteiger partial charge is 0.240 e. The van der Waals surface area contributed by atoms with Crippen LogP contribution in [0.15, 0.2) is 29.2 Å². The Morgan fingerprint density at radius 3 is 2.25 bits per heavy atom.